The van der Waals surface area contributed by atoms with Crippen LogP contribution in [0.5, 0.6) is 0 Å². The molecular weight excluding hydrogens is 186 g/mol. The average Bonchev–Trinajstić information content (AvgIpc) is 2.25. The van der Waals surface area contributed by atoms with E-state index in [1.54, 1.807) is 0 Å². The van der Waals surface area contributed by atoms with E-state index in [9.17, 15) is 0 Å². The molecule has 0 bridgehead atoms. The van der Waals surface area contributed by atoms with Crippen LogP contribution in [0.25, 0.3) is 0 Å². The molecule has 1 atom stereocenters. The van der Waals surface area contributed by atoms with Crippen LogP contribution in [0.15, 0.2) is 0 Å². The molecule has 1 saturated carbocycles. The molecule has 0 aliphatic heterocycles. The second kappa shape index (κ2) is 7.24. The Kier molecular flexibility index (Phi) is 6.26. The fraction of sp³-hybridized carbons (Fsp3) is 1.00. The van der Waals surface area contributed by atoms with E-state index >= 15 is 0 Å². The summed E-state index contributed by atoms with van der Waals surface area (Å²) in [7, 11) is 0. The Bertz CT molecular complexity index is 153. The summed E-state index contributed by atoms with van der Waals surface area (Å²) in [4.78, 5) is 0. The summed E-state index contributed by atoms with van der Waals surface area (Å²) in [6, 6.07) is 0.564. The zero-order chi connectivity index (χ0) is 11.1. The first-order valence-corrected chi connectivity index (χ1v) is 6.61. The molecule has 1 aliphatic carbocycles. The molecule has 0 amide bonds. The molecule has 0 radical (unpaired) electrons. The highest BCUT2D eigenvalue weighted by Gasteiger charge is 2.18. The van der Waals surface area contributed by atoms with Gasteiger partial charge in [0.25, 0.3) is 0 Å². The molecular formula is C13H27NO. The maximum atomic E-state index is 6.13. The molecule has 0 aromatic carbocycles. The monoisotopic (exact) mass is 213 g/mol. The highest BCUT2D eigenvalue weighted by molar-refractivity contribution is 4.70. The van der Waals surface area contributed by atoms with Crippen LogP contribution in [-0.2, 0) is 4.74 Å². The van der Waals surface area contributed by atoms with Crippen LogP contribution >= 0.6 is 0 Å². The third kappa shape index (κ3) is 5.53. The van der Waals surface area contributed by atoms with Crippen LogP contribution in [-0.4, -0.2) is 24.8 Å². The van der Waals surface area contributed by atoms with Gasteiger partial charge < -0.3 is 10.1 Å². The lowest BCUT2D eigenvalue weighted by molar-refractivity contribution is -0.0308. The second-order valence-corrected chi connectivity index (χ2v) is 4.99. The van der Waals surface area contributed by atoms with E-state index in [2.05, 4.69) is 26.1 Å². The number of hydrogen-bond acceptors (Lipinski definition) is 2. The Morgan fingerprint density at radius 3 is 2.40 bits per heavy atom. The van der Waals surface area contributed by atoms with Crippen molar-refractivity contribution < 1.29 is 4.74 Å². The van der Waals surface area contributed by atoms with Crippen LogP contribution in [0, 0.1) is 0 Å². The van der Waals surface area contributed by atoms with Crippen LogP contribution in [0.2, 0.25) is 0 Å². The highest BCUT2D eigenvalue weighted by atomic mass is 16.5. The minimum atomic E-state index is 0.412. The maximum absolute atomic E-state index is 6.13. The number of ether oxygens (including phenoxy) is 1. The van der Waals surface area contributed by atoms with Crippen molar-refractivity contribution in [3.8, 4) is 0 Å². The fourth-order valence-electron chi connectivity index (χ4n) is 2.13. The van der Waals surface area contributed by atoms with Crippen LogP contribution in [0.4, 0.5) is 0 Å². The zero-order valence-electron chi connectivity index (χ0n) is 10.6. The van der Waals surface area contributed by atoms with Crippen molar-refractivity contribution in [3.05, 3.63) is 0 Å². The van der Waals surface area contributed by atoms with Gasteiger partial charge in [0.1, 0.15) is 0 Å². The third-order valence-electron chi connectivity index (χ3n) is 3.15. The fourth-order valence-corrected chi connectivity index (χ4v) is 2.13. The summed E-state index contributed by atoms with van der Waals surface area (Å²) in [6.07, 6.45) is 8.75. The van der Waals surface area contributed by atoms with Gasteiger partial charge in [0.05, 0.1) is 12.2 Å². The molecule has 0 heterocycles. The van der Waals surface area contributed by atoms with Crippen molar-refractivity contribution >= 4 is 0 Å². The third-order valence-corrected chi connectivity index (χ3v) is 3.15. The molecule has 90 valence electrons. The van der Waals surface area contributed by atoms with E-state index in [1.807, 2.05) is 0 Å². The smallest absolute Gasteiger partial charge is 0.0700 e. The minimum Gasteiger partial charge on any atom is -0.374 e. The largest absolute Gasteiger partial charge is 0.374 e. The quantitative estimate of drug-likeness (QED) is 0.732. The standard InChI is InChI=1S/C13H27NO/c1-4-12(10-14-11(2)3)15-13-8-6-5-7-9-13/h11-14H,4-10H2,1-3H3. The number of rotatable bonds is 6. The van der Waals surface area contributed by atoms with Crippen molar-refractivity contribution in [3.63, 3.8) is 0 Å². The normalized spacial score (nSPS) is 20.8. The lowest BCUT2D eigenvalue weighted by Gasteiger charge is -2.27. The van der Waals surface area contributed by atoms with Crippen molar-refractivity contribution in [2.45, 2.75) is 77.5 Å². The summed E-state index contributed by atoms with van der Waals surface area (Å²) in [6.45, 7) is 7.60. The highest BCUT2D eigenvalue weighted by Crippen LogP contribution is 2.21. The summed E-state index contributed by atoms with van der Waals surface area (Å²) < 4.78 is 6.13. The van der Waals surface area contributed by atoms with Crippen molar-refractivity contribution in [1.82, 2.24) is 5.32 Å². The molecule has 0 spiro atoms. The zero-order valence-corrected chi connectivity index (χ0v) is 10.6. The first kappa shape index (κ1) is 13.0. The van der Waals surface area contributed by atoms with Gasteiger partial charge in [-0.25, -0.2) is 0 Å². The van der Waals surface area contributed by atoms with Gasteiger partial charge in [0.15, 0.2) is 0 Å². The lowest BCUT2D eigenvalue weighted by Crippen LogP contribution is -2.36. The van der Waals surface area contributed by atoms with Crippen LogP contribution < -0.4 is 5.32 Å². The summed E-state index contributed by atoms with van der Waals surface area (Å²) in [5.74, 6) is 0. The molecule has 1 rings (SSSR count). The van der Waals surface area contributed by atoms with E-state index in [4.69, 9.17) is 4.74 Å². The van der Waals surface area contributed by atoms with E-state index in [1.165, 1.54) is 32.1 Å². The predicted molar refractivity (Wildman–Crippen MR) is 65.2 cm³/mol. The molecule has 0 aromatic heterocycles. The van der Waals surface area contributed by atoms with Gasteiger partial charge >= 0.3 is 0 Å². The second-order valence-electron chi connectivity index (χ2n) is 4.99. The molecule has 0 saturated heterocycles. The summed E-state index contributed by atoms with van der Waals surface area (Å²) >= 11 is 0. The Labute approximate surface area is 94.8 Å². The Balaban J connectivity index is 2.19. The van der Waals surface area contributed by atoms with Crippen molar-refractivity contribution in [2.75, 3.05) is 6.54 Å². The van der Waals surface area contributed by atoms with Gasteiger partial charge in [0.2, 0.25) is 0 Å². The van der Waals surface area contributed by atoms with Gasteiger partial charge in [-0.1, -0.05) is 40.0 Å². The van der Waals surface area contributed by atoms with E-state index in [-0.39, 0.29) is 0 Å². The Morgan fingerprint density at radius 1 is 1.20 bits per heavy atom. The molecule has 0 aromatic rings. The summed E-state index contributed by atoms with van der Waals surface area (Å²) in [5.41, 5.74) is 0. The molecule has 1 aliphatic rings. The Morgan fingerprint density at radius 2 is 1.87 bits per heavy atom. The van der Waals surface area contributed by atoms with Gasteiger partial charge in [-0.2, -0.15) is 0 Å². The maximum Gasteiger partial charge on any atom is 0.0700 e. The lowest BCUT2D eigenvalue weighted by atomic mass is 9.97. The number of nitrogens with one attached hydrogen (secondary N) is 1. The van der Waals surface area contributed by atoms with E-state index < -0.39 is 0 Å². The molecule has 2 heteroatoms. The molecule has 2 nitrogen and oxygen atoms in total. The van der Waals surface area contributed by atoms with Gasteiger partial charge in [0, 0.05) is 12.6 Å². The van der Waals surface area contributed by atoms with Gasteiger partial charge in [-0.3, -0.25) is 0 Å². The first-order chi connectivity index (χ1) is 7.22. The number of hydrogen-bond donors (Lipinski definition) is 1. The van der Waals surface area contributed by atoms with Crippen LogP contribution in [0.3, 0.4) is 0 Å². The van der Waals surface area contributed by atoms with Crippen LogP contribution in [0.1, 0.15) is 59.3 Å². The summed E-state index contributed by atoms with van der Waals surface area (Å²) in [5, 5.41) is 3.46. The van der Waals surface area contributed by atoms with Gasteiger partial charge in [-0.15, -0.1) is 0 Å². The minimum absolute atomic E-state index is 0.412. The molecule has 15 heavy (non-hydrogen) atoms. The predicted octanol–water partition coefficient (Wildman–Crippen LogP) is 3.11. The van der Waals surface area contributed by atoms with Crippen molar-refractivity contribution in [2.24, 2.45) is 0 Å². The average molecular weight is 213 g/mol. The SMILES string of the molecule is CCC(CNC(C)C)OC1CCCCC1. The van der Waals surface area contributed by atoms with E-state index in [0.717, 1.165) is 13.0 Å². The molecule has 1 N–H and O–H groups in total. The first-order valence-electron chi connectivity index (χ1n) is 6.61. The topological polar surface area (TPSA) is 21.3 Å². The molecule has 1 fully saturated rings. The van der Waals surface area contributed by atoms with E-state index in [0.29, 0.717) is 18.2 Å². The molecule has 1 unspecified atom stereocenters. The Hall–Kier alpha value is -0.0800. The van der Waals surface area contributed by atoms with Gasteiger partial charge in [-0.05, 0) is 19.3 Å². The van der Waals surface area contributed by atoms with Crippen molar-refractivity contribution in [1.29, 1.82) is 0 Å².